The first kappa shape index (κ1) is 10.4. The number of anilines is 1. The lowest BCUT2D eigenvalue weighted by atomic mass is 10.3. The van der Waals surface area contributed by atoms with Gasteiger partial charge in [0.25, 0.3) is 0 Å². The van der Waals surface area contributed by atoms with Gasteiger partial charge in [0, 0.05) is 0 Å². The summed E-state index contributed by atoms with van der Waals surface area (Å²) in [6, 6.07) is 3.38. The lowest BCUT2D eigenvalue weighted by molar-refractivity contribution is 1.09. The minimum atomic E-state index is 0.163. The standard InChI is InChI=1S/C9H6Cl2N6/c10-3-1-5-6(2-4(3)11)14-7(13-5)8-15-9(12)17-16-8/h1-2H,(H,13,14)(H3,12,15,16,17). The third-order valence-electron chi connectivity index (χ3n) is 2.25. The number of aromatic amines is 2. The summed E-state index contributed by atoms with van der Waals surface area (Å²) in [7, 11) is 0. The predicted octanol–water partition coefficient (Wildman–Crippen LogP) is 2.24. The number of imidazole rings is 1. The Labute approximate surface area is 105 Å². The van der Waals surface area contributed by atoms with E-state index in [9.17, 15) is 0 Å². The molecule has 17 heavy (non-hydrogen) atoms. The summed E-state index contributed by atoms with van der Waals surface area (Å²) in [5, 5.41) is 7.31. The van der Waals surface area contributed by atoms with Gasteiger partial charge in [-0.2, -0.15) is 4.98 Å². The maximum Gasteiger partial charge on any atom is 0.239 e. The first-order valence-corrected chi connectivity index (χ1v) is 5.42. The average Bonchev–Trinajstić information content (AvgIpc) is 2.85. The van der Waals surface area contributed by atoms with Crippen LogP contribution in [0.1, 0.15) is 0 Å². The quantitative estimate of drug-likeness (QED) is 0.631. The van der Waals surface area contributed by atoms with E-state index in [1.54, 1.807) is 12.1 Å². The molecule has 0 amide bonds. The summed E-state index contributed by atoms with van der Waals surface area (Å²) in [5.74, 6) is 1.16. The van der Waals surface area contributed by atoms with E-state index in [-0.39, 0.29) is 5.95 Å². The molecule has 4 N–H and O–H groups in total. The number of nitrogen functional groups attached to an aromatic ring is 1. The summed E-state index contributed by atoms with van der Waals surface area (Å²) in [6.45, 7) is 0. The van der Waals surface area contributed by atoms with E-state index in [1.165, 1.54) is 0 Å². The van der Waals surface area contributed by atoms with E-state index in [0.717, 1.165) is 5.52 Å². The highest BCUT2D eigenvalue weighted by atomic mass is 35.5. The van der Waals surface area contributed by atoms with Gasteiger partial charge in [-0.3, -0.25) is 5.10 Å². The molecular weight excluding hydrogens is 263 g/mol. The Kier molecular flexibility index (Phi) is 2.20. The molecule has 0 saturated carbocycles. The molecule has 2 aromatic heterocycles. The average molecular weight is 269 g/mol. The number of H-pyrrole nitrogens is 2. The molecule has 0 fully saturated rings. The third-order valence-corrected chi connectivity index (χ3v) is 2.97. The zero-order valence-corrected chi connectivity index (χ0v) is 9.84. The number of hydrogen-bond acceptors (Lipinski definition) is 4. The fourth-order valence-corrected chi connectivity index (χ4v) is 1.82. The highest BCUT2D eigenvalue weighted by Crippen LogP contribution is 2.27. The van der Waals surface area contributed by atoms with Gasteiger partial charge >= 0.3 is 0 Å². The molecule has 0 aliphatic heterocycles. The van der Waals surface area contributed by atoms with Gasteiger partial charge < -0.3 is 10.7 Å². The van der Waals surface area contributed by atoms with Crippen LogP contribution in [0.25, 0.3) is 22.7 Å². The van der Waals surface area contributed by atoms with E-state index >= 15 is 0 Å². The maximum absolute atomic E-state index is 5.91. The molecule has 86 valence electrons. The minimum Gasteiger partial charge on any atom is -0.366 e. The molecule has 3 aromatic rings. The van der Waals surface area contributed by atoms with Crippen LogP contribution in [0.4, 0.5) is 5.95 Å². The number of fused-ring (bicyclic) bond motifs is 1. The van der Waals surface area contributed by atoms with Crippen molar-refractivity contribution >= 4 is 40.2 Å². The van der Waals surface area contributed by atoms with Crippen LogP contribution in [-0.4, -0.2) is 25.1 Å². The van der Waals surface area contributed by atoms with Crippen molar-refractivity contribution in [2.75, 3.05) is 5.73 Å². The minimum absolute atomic E-state index is 0.163. The van der Waals surface area contributed by atoms with E-state index in [4.69, 9.17) is 28.9 Å². The second-order valence-corrected chi connectivity index (χ2v) is 4.23. The SMILES string of the molecule is Nc1n[nH]c(-c2nc3cc(Cl)c(Cl)cc3[nH]2)n1. The van der Waals surface area contributed by atoms with E-state index in [1.807, 2.05) is 0 Å². The van der Waals surface area contributed by atoms with Crippen molar-refractivity contribution in [3.63, 3.8) is 0 Å². The summed E-state index contributed by atoms with van der Waals surface area (Å²) in [6.07, 6.45) is 0. The second-order valence-electron chi connectivity index (χ2n) is 3.41. The first-order chi connectivity index (χ1) is 8.13. The molecule has 6 nitrogen and oxygen atoms in total. The Bertz CT molecular complexity index is 662. The second kappa shape index (κ2) is 3.61. The molecule has 0 aliphatic carbocycles. The van der Waals surface area contributed by atoms with Crippen LogP contribution in [0.2, 0.25) is 10.0 Å². The van der Waals surface area contributed by atoms with Crippen LogP contribution in [0.3, 0.4) is 0 Å². The van der Waals surface area contributed by atoms with Gasteiger partial charge in [0.15, 0.2) is 11.6 Å². The van der Waals surface area contributed by atoms with Crippen LogP contribution in [0, 0.1) is 0 Å². The number of nitrogens with two attached hydrogens (primary N) is 1. The van der Waals surface area contributed by atoms with E-state index in [0.29, 0.717) is 27.2 Å². The monoisotopic (exact) mass is 268 g/mol. The topological polar surface area (TPSA) is 96.3 Å². The molecule has 3 rings (SSSR count). The van der Waals surface area contributed by atoms with Crippen molar-refractivity contribution in [3.05, 3.63) is 22.2 Å². The molecule has 1 aromatic carbocycles. The molecule has 0 aliphatic rings. The van der Waals surface area contributed by atoms with E-state index in [2.05, 4.69) is 25.1 Å². The molecule has 0 atom stereocenters. The molecule has 0 radical (unpaired) electrons. The summed E-state index contributed by atoms with van der Waals surface area (Å²) in [4.78, 5) is 11.3. The Morgan fingerprint density at radius 3 is 2.53 bits per heavy atom. The maximum atomic E-state index is 5.91. The molecular formula is C9H6Cl2N6. The summed E-state index contributed by atoms with van der Waals surface area (Å²) in [5.41, 5.74) is 6.89. The van der Waals surface area contributed by atoms with Gasteiger partial charge in [0.05, 0.1) is 21.1 Å². The number of nitrogens with zero attached hydrogens (tertiary/aromatic N) is 3. The normalized spacial score (nSPS) is 11.2. The van der Waals surface area contributed by atoms with Crippen molar-refractivity contribution in [1.82, 2.24) is 25.1 Å². The van der Waals surface area contributed by atoms with Gasteiger partial charge in [-0.15, -0.1) is 5.10 Å². The largest absolute Gasteiger partial charge is 0.366 e. The van der Waals surface area contributed by atoms with Crippen LogP contribution in [0.5, 0.6) is 0 Å². The van der Waals surface area contributed by atoms with Crippen molar-refractivity contribution in [1.29, 1.82) is 0 Å². The number of nitrogens with one attached hydrogen (secondary N) is 2. The molecule has 0 bridgehead atoms. The Balaban J connectivity index is 2.19. The third kappa shape index (κ3) is 1.71. The number of hydrogen-bond donors (Lipinski definition) is 3. The van der Waals surface area contributed by atoms with Crippen molar-refractivity contribution in [2.24, 2.45) is 0 Å². The highest BCUT2D eigenvalue weighted by molar-refractivity contribution is 6.42. The molecule has 0 unspecified atom stereocenters. The molecule has 2 heterocycles. The smallest absolute Gasteiger partial charge is 0.239 e. The van der Waals surface area contributed by atoms with Gasteiger partial charge in [0.2, 0.25) is 5.95 Å². The lowest BCUT2D eigenvalue weighted by Crippen LogP contribution is -1.86. The predicted molar refractivity (Wildman–Crippen MR) is 65.9 cm³/mol. The van der Waals surface area contributed by atoms with Crippen LogP contribution < -0.4 is 5.73 Å². The summed E-state index contributed by atoms with van der Waals surface area (Å²) >= 11 is 11.8. The number of benzene rings is 1. The van der Waals surface area contributed by atoms with Crippen LogP contribution in [0.15, 0.2) is 12.1 Å². The number of aromatic nitrogens is 5. The molecule has 0 saturated heterocycles. The number of rotatable bonds is 1. The fraction of sp³-hybridized carbons (Fsp3) is 0. The Morgan fingerprint density at radius 1 is 1.06 bits per heavy atom. The molecule has 8 heteroatoms. The van der Waals surface area contributed by atoms with Crippen molar-refractivity contribution < 1.29 is 0 Å². The Morgan fingerprint density at radius 2 is 1.82 bits per heavy atom. The van der Waals surface area contributed by atoms with Gasteiger partial charge in [-0.05, 0) is 12.1 Å². The fourth-order valence-electron chi connectivity index (χ4n) is 1.50. The van der Waals surface area contributed by atoms with E-state index < -0.39 is 0 Å². The van der Waals surface area contributed by atoms with Crippen molar-refractivity contribution in [2.45, 2.75) is 0 Å². The summed E-state index contributed by atoms with van der Waals surface area (Å²) < 4.78 is 0. The first-order valence-electron chi connectivity index (χ1n) is 4.66. The molecule has 0 spiro atoms. The van der Waals surface area contributed by atoms with Gasteiger partial charge in [-0.1, -0.05) is 23.2 Å². The zero-order chi connectivity index (χ0) is 12.0. The Hall–Kier alpha value is -1.79. The number of halogens is 2. The van der Waals surface area contributed by atoms with Gasteiger partial charge in [0.1, 0.15) is 0 Å². The highest BCUT2D eigenvalue weighted by Gasteiger charge is 2.10. The van der Waals surface area contributed by atoms with Crippen LogP contribution in [-0.2, 0) is 0 Å². The van der Waals surface area contributed by atoms with Crippen molar-refractivity contribution in [3.8, 4) is 11.6 Å². The lowest BCUT2D eigenvalue weighted by Gasteiger charge is -1.93. The van der Waals surface area contributed by atoms with Crippen LogP contribution >= 0.6 is 23.2 Å². The zero-order valence-electron chi connectivity index (χ0n) is 8.33. The van der Waals surface area contributed by atoms with Gasteiger partial charge in [-0.25, -0.2) is 4.98 Å².